The Labute approximate surface area is 710 Å². The Morgan fingerprint density at radius 2 is 0.805 bits per heavy atom. The van der Waals surface area contributed by atoms with Crippen LogP contribution in [-0.4, -0.2) is 240 Å². The zero-order valence-electron chi connectivity index (χ0n) is 76.7. The Morgan fingerprint density at radius 3 is 1.19 bits per heavy atom. The molecule has 11 heterocycles. The van der Waals surface area contributed by atoms with Gasteiger partial charge in [0.05, 0.1) is 36.3 Å². The van der Waals surface area contributed by atoms with E-state index < -0.39 is 20.0 Å². The molecular weight excluding hydrogens is 1530 g/mol. The number of anilines is 1. The lowest BCUT2D eigenvalue weighted by Crippen LogP contribution is -2.41. The third-order valence-corrected chi connectivity index (χ3v) is 24.7. The average Bonchev–Trinajstić information content (AvgIpc) is 0.838. The second-order valence-electron chi connectivity index (χ2n) is 38.8. The minimum atomic E-state index is -3.10. The van der Waals surface area contributed by atoms with Crippen LogP contribution in [-0.2, 0) is 68.5 Å². The predicted molar refractivity (Wildman–Crippen MR) is 476 cm³/mol. The largest absolute Gasteiger partial charge is 0.489 e. The molecule has 0 atom stereocenters. The number of nitrogens with zero attached hydrogens (tertiary/aromatic N) is 15. The van der Waals surface area contributed by atoms with Crippen molar-refractivity contribution in [2.24, 2.45) is 5.92 Å². The maximum Gasteiger partial charge on any atom is 0.219 e. The van der Waals surface area contributed by atoms with Crippen LogP contribution >= 0.6 is 0 Å². The van der Waals surface area contributed by atoms with E-state index in [1.165, 1.54) is 82.2 Å². The SMILES string of the molecule is CC(=O)N(C)CCN(C)c1cc(C(C)(C)C)ccn1.CC(=O)N1CCC(Oc2cc(C(C)(C)C)ncn2)CC1.CC(C)(C)c1cc(OC2CCN(S(C)(=O)=O)CC2)ncn1.CC(C)(C)c1cncc(OC2CCN(S(C)(=O)=O)CC2)c1.CN1CCC(CCc2cc(C(C)(C)C)ccn2)CC1.CN1CCC(Oc2cncc(C(C)(C)C)c2)CC1. The molecule has 0 spiro atoms. The normalized spacial score (nSPS) is 17.3. The number of pyridine rings is 4. The molecule has 118 heavy (non-hydrogen) atoms. The number of hydrogen-bond donors (Lipinski definition) is 0. The zero-order chi connectivity index (χ0) is 87.8. The lowest BCUT2D eigenvalue weighted by molar-refractivity contribution is -0.130. The molecule has 5 saturated heterocycles. The Balaban J connectivity index is 0.000000220. The number of amides is 2. The number of rotatable bonds is 17. The summed E-state index contributed by atoms with van der Waals surface area (Å²) >= 11 is 0. The first kappa shape index (κ1) is 99.3. The van der Waals surface area contributed by atoms with Crippen molar-refractivity contribution in [3.8, 4) is 23.3 Å². The minimum Gasteiger partial charge on any atom is -0.489 e. The summed E-state index contributed by atoms with van der Waals surface area (Å²) in [6, 6.07) is 16.6. The fourth-order valence-corrected chi connectivity index (χ4v) is 15.3. The lowest BCUT2D eigenvalue weighted by atomic mass is 9.86. The average molecular weight is 1680 g/mol. The van der Waals surface area contributed by atoms with Gasteiger partial charge in [0.15, 0.2) is 0 Å². The van der Waals surface area contributed by atoms with Crippen molar-refractivity contribution in [3.05, 3.63) is 138 Å². The number of likely N-dealkylation sites (tertiary alicyclic amines) is 3. The molecule has 6 aromatic heterocycles. The van der Waals surface area contributed by atoms with E-state index in [1.54, 1.807) is 31.3 Å². The molecule has 0 aliphatic carbocycles. The molecule has 0 unspecified atom stereocenters. The summed E-state index contributed by atoms with van der Waals surface area (Å²) in [5, 5.41) is 0. The Hall–Kier alpha value is -7.56. The van der Waals surface area contributed by atoms with E-state index in [1.807, 2.05) is 68.2 Å². The number of ether oxygens (including phenoxy) is 4. The third kappa shape index (κ3) is 35.3. The number of carbonyl (C=O) groups excluding carboxylic acids is 2. The Bertz CT molecular complexity index is 4170. The Morgan fingerprint density at radius 1 is 0.432 bits per heavy atom. The fraction of sp³-hybridized carbons (Fsp3) is 0.670. The molecule has 5 aliphatic heterocycles. The monoisotopic (exact) mass is 1670 g/mol. The quantitative estimate of drug-likeness (QED) is 0.0821. The highest BCUT2D eigenvalue weighted by Gasteiger charge is 2.31. The van der Waals surface area contributed by atoms with Gasteiger partial charge >= 0.3 is 0 Å². The number of hydrogen-bond acceptors (Lipinski definition) is 21. The first-order valence-corrected chi connectivity index (χ1v) is 46.1. The van der Waals surface area contributed by atoms with Crippen LogP contribution in [0.2, 0.25) is 0 Å². The smallest absolute Gasteiger partial charge is 0.219 e. The van der Waals surface area contributed by atoms with Gasteiger partial charge in [-0.05, 0) is 178 Å². The summed E-state index contributed by atoms with van der Waals surface area (Å²) in [6.07, 6.45) is 29.1. The number of aryl methyl sites for hydroxylation is 1. The highest BCUT2D eigenvalue weighted by Crippen LogP contribution is 2.32. The van der Waals surface area contributed by atoms with Crippen LogP contribution < -0.4 is 23.8 Å². The standard InChI is InChI=1S/C17H28N2.C15H23N3O2.C15H25N3O.C15H24N2O3S.C15H24N2O.C14H23N3O3S/c1-17(2,3)15-7-10-18-16(13-15)6-5-14-8-11-19(4)12-9-14;1-11(19)18-7-5-12(6-8-18)20-14-9-13(15(2,3)4)16-10-17-14;1-12(19)17(5)9-10-18(6)14-11-13(7-8-16-14)15(2,3)4;1-15(2,3)12-9-14(11-16-10-12)20-13-5-7-17(8-6-13)21(4,18)19;1-15(2,3)12-9-14(11-16-10-12)18-13-5-7-17(4)8-6-13;1-14(2,3)12-9-13(16-10-15-12)20-11-5-7-17(8-6-11)21(4,18)19/h7,10,13-14H,5-6,8-9,11-12H2,1-4H3;9-10,12H,5-8H2,1-4H3;7-8,11H,9-10H2,1-6H3;9-11,13H,5-8H2,1-4H3;9-11,13H,5-8H2,1-4H3;9-11H,5-8H2,1-4H3. The predicted octanol–water partition coefficient (Wildman–Crippen LogP) is 14.7. The molecule has 0 bridgehead atoms. The van der Waals surface area contributed by atoms with Crippen molar-refractivity contribution >= 4 is 37.7 Å². The topological polar surface area (TPSA) is 265 Å². The van der Waals surface area contributed by atoms with Crippen LogP contribution in [0.1, 0.15) is 248 Å². The first-order chi connectivity index (χ1) is 54.8. The molecule has 25 nitrogen and oxygen atoms in total. The minimum absolute atomic E-state index is 0.00529. The number of likely N-dealkylation sites (N-methyl/N-ethyl adjacent to an activating group) is 2. The molecule has 11 rings (SSSR count). The van der Waals surface area contributed by atoms with E-state index in [2.05, 4.69) is 224 Å². The summed E-state index contributed by atoms with van der Waals surface area (Å²) < 4.78 is 72.7. The molecule has 5 fully saturated rings. The van der Waals surface area contributed by atoms with Crippen molar-refractivity contribution in [3.63, 3.8) is 0 Å². The highest BCUT2D eigenvalue weighted by atomic mass is 32.2. The third-order valence-electron chi connectivity index (χ3n) is 22.1. The van der Waals surface area contributed by atoms with Gasteiger partial charge in [-0.3, -0.25) is 24.5 Å². The fourth-order valence-electron chi connectivity index (χ4n) is 13.5. The van der Waals surface area contributed by atoms with E-state index in [0.717, 1.165) is 105 Å². The van der Waals surface area contributed by atoms with Crippen molar-refractivity contribution < 1.29 is 45.4 Å². The van der Waals surface area contributed by atoms with Gasteiger partial charge in [-0.2, -0.15) is 0 Å². The van der Waals surface area contributed by atoms with Crippen LogP contribution in [0.25, 0.3) is 0 Å². The van der Waals surface area contributed by atoms with E-state index in [-0.39, 0.29) is 62.6 Å². The molecule has 0 N–H and O–H groups in total. The maximum atomic E-state index is 11.5. The number of carbonyl (C=O) groups is 2. The van der Waals surface area contributed by atoms with Gasteiger partial charge in [0.1, 0.15) is 54.4 Å². The summed E-state index contributed by atoms with van der Waals surface area (Å²) in [4.78, 5) is 67.3. The van der Waals surface area contributed by atoms with Crippen LogP contribution in [0, 0.1) is 5.92 Å². The number of aromatic nitrogens is 8. The van der Waals surface area contributed by atoms with Crippen molar-refractivity contribution in [1.29, 1.82) is 0 Å². The van der Waals surface area contributed by atoms with Gasteiger partial charge in [0.25, 0.3) is 0 Å². The molecular formula is C91H147N15O10S2. The molecule has 27 heteroatoms. The maximum absolute atomic E-state index is 11.5. The number of piperidine rings is 5. The van der Waals surface area contributed by atoms with Crippen molar-refractivity contribution in [1.82, 2.24) is 68.1 Å². The number of sulfonamides is 2. The molecule has 0 saturated carbocycles. The summed E-state index contributed by atoms with van der Waals surface area (Å²) in [5.74, 6) is 4.95. The van der Waals surface area contributed by atoms with E-state index in [4.69, 9.17) is 18.9 Å². The second kappa shape index (κ2) is 44.3. The lowest BCUT2D eigenvalue weighted by Gasteiger charge is -2.31. The van der Waals surface area contributed by atoms with Crippen LogP contribution in [0.3, 0.4) is 0 Å². The Kier molecular flexibility index (Phi) is 37.3. The molecule has 5 aliphatic rings. The van der Waals surface area contributed by atoms with Crippen LogP contribution in [0.5, 0.6) is 23.3 Å². The van der Waals surface area contributed by atoms with Gasteiger partial charge in [0.2, 0.25) is 43.6 Å². The van der Waals surface area contributed by atoms with E-state index >= 15 is 0 Å². The molecule has 6 aromatic rings. The van der Waals surface area contributed by atoms with Gasteiger partial charge < -0.3 is 43.4 Å². The van der Waals surface area contributed by atoms with Crippen molar-refractivity contribution in [2.75, 3.05) is 124 Å². The highest BCUT2D eigenvalue weighted by molar-refractivity contribution is 7.88. The van der Waals surface area contributed by atoms with Crippen molar-refractivity contribution in [2.45, 2.75) is 272 Å². The van der Waals surface area contributed by atoms with Gasteiger partial charge in [-0.1, -0.05) is 125 Å². The zero-order valence-corrected chi connectivity index (χ0v) is 78.3. The molecule has 0 aromatic carbocycles. The second-order valence-corrected chi connectivity index (χ2v) is 42.8. The van der Waals surface area contributed by atoms with Gasteiger partial charge in [0, 0.05) is 160 Å². The summed E-state index contributed by atoms with van der Waals surface area (Å²) in [7, 11) is 2.03. The van der Waals surface area contributed by atoms with Crippen LogP contribution in [0.4, 0.5) is 5.82 Å². The van der Waals surface area contributed by atoms with Crippen LogP contribution in [0.15, 0.2) is 98.4 Å². The van der Waals surface area contributed by atoms with Gasteiger partial charge in [-0.25, -0.2) is 50.4 Å². The first-order valence-electron chi connectivity index (χ1n) is 42.4. The molecule has 658 valence electrons. The van der Waals surface area contributed by atoms with E-state index in [0.29, 0.717) is 76.3 Å². The molecule has 0 radical (unpaired) electrons. The molecule has 2 amide bonds. The summed E-state index contributed by atoms with van der Waals surface area (Å²) in [5.41, 5.74) is 8.65. The van der Waals surface area contributed by atoms with Gasteiger partial charge in [-0.15, -0.1) is 0 Å². The summed E-state index contributed by atoms with van der Waals surface area (Å²) in [6.45, 7) is 52.0. The van der Waals surface area contributed by atoms with E-state index in [9.17, 15) is 26.4 Å².